The predicted molar refractivity (Wildman–Crippen MR) is 72.6 cm³/mol. The number of hydrogen-bond donors (Lipinski definition) is 1. The van der Waals surface area contributed by atoms with E-state index in [1.165, 1.54) is 44.8 Å². The van der Waals surface area contributed by atoms with Crippen molar-refractivity contribution >= 4 is 5.91 Å². The van der Waals surface area contributed by atoms with E-state index in [1.807, 2.05) is 4.90 Å². The predicted octanol–water partition coefficient (Wildman–Crippen LogP) is 2.53. The number of rotatable bonds is 2. The minimum atomic E-state index is 0.103. The van der Waals surface area contributed by atoms with Crippen molar-refractivity contribution in [1.29, 1.82) is 0 Å². The second-order valence-electron chi connectivity index (χ2n) is 6.04. The molecular weight excluding hydrogens is 240 g/mol. The summed E-state index contributed by atoms with van der Waals surface area (Å²) in [5.41, 5.74) is 6.57. The van der Waals surface area contributed by atoms with Gasteiger partial charge in [0.25, 0.3) is 5.91 Å². The molecule has 0 aromatic carbocycles. The van der Waals surface area contributed by atoms with Crippen LogP contribution in [-0.4, -0.2) is 23.9 Å². The van der Waals surface area contributed by atoms with Gasteiger partial charge in [0.2, 0.25) is 0 Å². The van der Waals surface area contributed by atoms with Crippen LogP contribution < -0.4 is 5.73 Å². The first-order valence-electron chi connectivity index (χ1n) is 7.29. The first-order chi connectivity index (χ1) is 9.22. The summed E-state index contributed by atoms with van der Waals surface area (Å²) in [6.07, 6.45) is 9.29. The molecule has 19 heavy (non-hydrogen) atoms. The van der Waals surface area contributed by atoms with Crippen molar-refractivity contribution < 1.29 is 9.21 Å². The molecule has 1 aromatic rings. The van der Waals surface area contributed by atoms with Crippen molar-refractivity contribution in [2.75, 3.05) is 13.1 Å². The van der Waals surface area contributed by atoms with E-state index in [4.69, 9.17) is 10.2 Å². The van der Waals surface area contributed by atoms with Gasteiger partial charge < -0.3 is 15.1 Å². The quantitative estimate of drug-likeness (QED) is 0.891. The zero-order valence-corrected chi connectivity index (χ0v) is 11.4. The third-order valence-corrected chi connectivity index (χ3v) is 4.74. The number of nitrogens with zero attached hydrogens (tertiary/aromatic N) is 1. The van der Waals surface area contributed by atoms with E-state index in [1.54, 1.807) is 6.07 Å². The Morgan fingerprint density at radius 1 is 1.32 bits per heavy atom. The lowest BCUT2D eigenvalue weighted by molar-refractivity contribution is 0.0758. The van der Waals surface area contributed by atoms with Gasteiger partial charge in [0.15, 0.2) is 0 Å². The van der Waals surface area contributed by atoms with E-state index >= 15 is 0 Å². The molecule has 1 aliphatic heterocycles. The van der Waals surface area contributed by atoms with Gasteiger partial charge in [-0.05, 0) is 30.7 Å². The van der Waals surface area contributed by atoms with E-state index in [0.717, 1.165) is 13.1 Å². The van der Waals surface area contributed by atoms with Crippen LogP contribution in [0.1, 0.15) is 54.6 Å². The zero-order valence-electron chi connectivity index (χ0n) is 11.4. The van der Waals surface area contributed by atoms with Crippen LogP contribution in [0.25, 0.3) is 0 Å². The zero-order chi connectivity index (χ0) is 13.3. The summed E-state index contributed by atoms with van der Waals surface area (Å²) in [5.74, 6) is 0.779. The molecule has 2 aliphatic rings. The summed E-state index contributed by atoms with van der Waals surface area (Å²) in [4.78, 5) is 14.4. The van der Waals surface area contributed by atoms with Gasteiger partial charge >= 0.3 is 0 Å². The molecule has 3 rings (SSSR count). The number of amides is 1. The summed E-state index contributed by atoms with van der Waals surface area (Å²) in [5, 5.41) is 0. The molecule has 0 atom stereocenters. The Bertz CT molecular complexity index is 460. The van der Waals surface area contributed by atoms with Gasteiger partial charge in [0.05, 0.1) is 12.1 Å². The fourth-order valence-electron chi connectivity index (χ4n) is 3.60. The molecule has 1 aliphatic carbocycles. The molecule has 1 spiro atoms. The van der Waals surface area contributed by atoms with Gasteiger partial charge in [-0.15, -0.1) is 0 Å². The Morgan fingerprint density at radius 2 is 2.11 bits per heavy atom. The minimum absolute atomic E-state index is 0.103. The lowest BCUT2D eigenvalue weighted by Gasteiger charge is -2.33. The third-order valence-electron chi connectivity index (χ3n) is 4.74. The molecule has 2 heterocycles. The van der Waals surface area contributed by atoms with Crippen LogP contribution in [0.2, 0.25) is 0 Å². The average molecular weight is 262 g/mol. The molecule has 4 nitrogen and oxygen atoms in total. The number of nitrogens with two attached hydrogens (primary N) is 1. The highest BCUT2D eigenvalue weighted by molar-refractivity contribution is 5.94. The highest BCUT2D eigenvalue weighted by atomic mass is 16.3. The van der Waals surface area contributed by atoms with E-state index in [2.05, 4.69) is 0 Å². The molecule has 2 N–H and O–H groups in total. The van der Waals surface area contributed by atoms with Gasteiger partial charge in [0.1, 0.15) is 12.0 Å². The molecule has 4 heteroatoms. The van der Waals surface area contributed by atoms with Crippen LogP contribution in [-0.2, 0) is 6.54 Å². The van der Waals surface area contributed by atoms with Gasteiger partial charge in [-0.25, -0.2) is 0 Å². The highest BCUT2D eigenvalue weighted by Gasteiger charge is 2.40. The lowest BCUT2D eigenvalue weighted by Crippen LogP contribution is -2.33. The molecule has 1 saturated heterocycles. The molecule has 0 unspecified atom stereocenters. The van der Waals surface area contributed by atoms with Crippen molar-refractivity contribution in [3.63, 3.8) is 0 Å². The van der Waals surface area contributed by atoms with Gasteiger partial charge in [-0.1, -0.05) is 19.3 Å². The molecule has 2 fully saturated rings. The first kappa shape index (κ1) is 12.7. The minimum Gasteiger partial charge on any atom is -0.467 e. The maximum atomic E-state index is 12.4. The summed E-state index contributed by atoms with van der Waals surface area (Å²) < 4.78 is 5.26. The number of hydrogen-bond acceptors (Lipinski definition) is 3. The molecule has 0 bridgehead atoms. The summed E-state index contributed by atoms with van der Waals surface area (Å²) in [7, 11) is 0. The monoisotopic (exact) mass is 262 g/mol. The van der Waals surface area contributed by atoms with E-state index in [0.29, 0.717) is 23.3 Å². The number of carbonyl (C=O) groups is 1. The third kappa shape index (κ3) is 2.41. The standard InChI is InChI=1S/C15H22N2O2/c16-9-13-8-12(10-19-13)14(18)17-7-6-15(11-17)4-2-1-3-5-15/h8,10H,1-7,9,11,16H2. The highest BCUT2D eigenvalue weighted by Crippen LogP contribution is 2.43. The van der Waals surface area contributed by atoms with Gasteiger partial charge in [-0.3, -0.25) is 4.79 Å². The Hall–Kier alpha value is -1.29. The second-order valence-corrected chi connectivity index (χ2v) is 6.04. The van der Waals surface area contributed by atoms with Crippen LogP contribution in [0, 0.1) is 5.41 Å². The summed E-state index contributed by atoms with van der Waals surface area (Å²) in [6, 6.07) is 1.77. The number of furan rings is 1. The first-order valence-corrected chi connectivity index (χ1v) is 7.29. The van der Waals surface area contributed by atoms with Crippen LogP contribution in [0.4, 0.5) is 0 Å². The molecule has 1 amide bonds. The molecular formula is C15H22N2O2. The smallest absolute Gasteiger partial charge is 0.257 e. The van der Waals surface area contributed by atoms with Crippen LogP contribution >= 0.6 is 0 Å². The molecule has 104 valence electrons. The number of carbonyl (C=O) groups excluding carboxylic acids is 1. The maximum Gasteiger partial charge on any atom is 0.257 e. The fourth-order valence-corrected chi connectivity index (χ4v) is 3.60. The topological polar surface area (TPSA) is 59.5 Å². The second kappa shape index (κ2) is 5.00. The Labute approximate surface area is 113 Å². The van der Waals surface area contributed by atoms with Crippen molar-refractivity contribution in [1.82, 2.24) is 4.90 Å². The summed E-state index contributed by atoms with van der Waals surface area (Å²) in [6.45, 7) is 2.16. The summed E-state index contributed by atoms with van der Waals surface area (Å²) >= 11 is 0. The van der Waals surface area contributed by atoms with Crippen molar-refractivity contribution in [2.45, 2.75) is 45.1 Å². The van der Waals surface area contributed by atoms with Crippen LogP contribution in [0.5, 0.6) is 0 Å². The van der Waals surface area contributed by atoms with E-state index in [-0.39, 0.29) is 5.91 Å². The fraction of sp³-hybridized carbons (Fsp3) is 0.667. The SMILES string of the molecule is NCc1cc(C(=O)N2CCC3(CCCCC3)C2)co1. The van der Waals surface area contributed by atoms with Crippen molar-refractivity contribution in [3.8, 4) is 0 Å². The molecule has 0 radical (unpaired) electrons. The maximum absolute atomic E-state index is 12.4. The van der Waals surface area contributed by atoms with Gasteiger partial charge in [0, 0.05) is 13.1 Å². The average Bonchev–Trinajstić information content (AvgIpc) is 3.06. The van der Waals surface area contributed by atoms with E-state index in [9.17, 15) is 4.79 Å². The normalized spacial score (nSPS) is 22.1. The lowest BCUT2D eigenvalue weighted by atomic mass is 9.73. The largest absolute Gasteiger partial charge is 0.467 e. The van der Waals surface area contributed by atoms with Crippen molar-refractivity contribution in [2.24, 2.45) is 11.1 Å². The molecule has 1 saturated carbocycles. The van der Waals surface area contributed by atoms with Gasteiger partial charge in [-0.2, -0.15) is 0 Å². The Morgan fingerprint density at radius 3 is 2.79 bits per heavy atom. The van der Waals surface area contributed by atoms with Crippen molar-refractivity contribution in [3.05, 3.63) is 23.7 Å². The van der Waals surface area contributed by atoms with Crippen LogP contribution in [0.3, 0.4) is 0 Å². The molecule has 1 aromatic heterocycles. The Balaban J connectivity index is 1.68. The van der Waals surface area contributed by atoms with E-state index < -0.39 is 0 Å². The number of likely N-dealkylation sites (tertiary alicyclic amines) is 1. The Kier molecular flexibility index (Phi) is 3.35. The van der Waals surface area contributed by atoms with Crippen LogP contribution in [0.15, 0.2) is 16.7 Å².